The zero-order chi connectivity index (χ0) is 17.6. The summed E-state index contributed by atoms with van der Waals surface area (Å²) < 4.78 is 6.27. The number of methoxy groups -OCH3 is 1. The summed E-state index contributed by atoms with van der Waals surface area (Å²) in [4.78, 5) is 18.5. The number of fused-ring (bicyclic) bond motifs is 2. The Hall–Kier alpha value is -1.17. The number of ether oxygens (including phenoxy) is 1. The van der Waals surface area contributed by atoms with Gasteiger partial charge in [0.1, 0.15) is 11.3 Å². The second kappa shape index (κ2) is 7.45. The summed E-state index contributed by atoms with van der Waals surface area (Å²) in [5.41, 5.74) is 6.57. The summed E-state index contributed by atoms with van der Waals surface area (Å²) in [6.45, 7) is 4.56. The highest BCUT2D eigenvalue weighted by Crippen LogP contribution is 2.52. The number of rotatable bonds is 4. The monoisotopic (exact) mass is 379 g/mol. The van der Waals surface area contributed by atoms with Crippen molar-refractivity contribution in [2.24, 2.45) is 23.5 Å². The number of pyridine rings is 1. The van der Waals surface area contributed by atoms with E-state index in [1.165, 1.54) is 32.1 Å². The van der Waals surface area contributed by atoms with Gasteiger partial charge in [0.05, 0.1) is 0 Å². The predicted molar refractivity (Wildman–Crippen MR) is 103 cm³/mol. The number of aromatic nitrogens is 1. The molecule has 6 heteroatoms. The minimum Gasteiger partial charge on any atom is -0.373 e. The lowest BCUT2D eigenvalue weighted by Gasteiger charge is -2.58. The standard InChI is InChI=1S/C20H29N3O2.ClH/c1-13-6-7-18(13)23-11-15-4-3-5-16(12-23)20(15,25-2)14-8-9-22-17(10-14)19(21)24;/h8-10,13,15-16,18H,3-7,11-12H2,1-2H3,(H2,21,24);1H/t13-,15-,16+,18+,20-;/m0./s1. The fourth-order valence-electron chi connectivity index (χ4n) is 5.66. The molecule has 1 saturated heterocycles. The molecule has 5 nitrogen and oxygen atoms in total. The van der Waals surface area contributed by atoms with E-state index in [-0.39, 0.29) is 18.0 Å². The molecule has 0 radical (unpaired) electrons. The van der Waals surface area contributed by atoms with E-state index in [1.807, 2.05) is 19.2 Å². The summed E-state index contributed by atoms with van der Waals surface area (Å²) >= 11 is 0. The number of nitrogens with zero attached hydrogens (tertiary/aromatic N) is 2. The number of primary amides is 1. The second-order valence-electron chi connectivity index (χ2n) is 8.19. The van der Waals surface area contributed by atoms with E-state index in [2.05, 4.69) is 16.8 Å². The van der Waals surface area contributed by atoms with Crippen molar-refractivity contribution in [3.05, 3.63) is 29.6 Å². The Balaban J connectivity index is 0.00000196. The molecule has 144 valence electrons. The number of carbonyl (C=O) groups is 1. The number of piperidine rings is 1. The molecule has 2 saturated carbocycles. The molecule has 1 aromatic rings. The van der Waals surface area contributed by atoms with Crippen LogP contribution in [0.5, 0.6) is 0 Å². The third-order valence-corrected chi connectivity index (χ3v) is 7.07. The average Bonchev–Trinajstić information content (AvgIpc) is 2.59. The van der Waals surface area contributed by atoms with Crippen LogP contribution >= 0.6 is 12.4 Å². The number of carbonyl (C=O) groups excluding carboxylic acids is 1. The Morgan fingerprint density at radius 3 is 2.46 bits per heavy atom. The van der Waals surface area contributed by atoms with Crippen LogP contribution in [0.4, 0.5) is 0 Å². The van der Waals surface area contributed by atoms with Gasteiger partial charge in [-0.25, -0.2) is 0 Å². The average molecular weight is 380 g/mol. The van der Waals surface area contributed by atoms with Crippen molar-refractivity contribution in [1.82, 2.24) is 9.88 Å². The van der Waals surface area contributed by atoms with Gasteiger partial charge in [-0.05, 0) is 49.3 Å². The van der Waals surface area contributed by atoms with E-state index < -0.39 is 5.91 Å². The SMILES string of the molecule is CO[C@]1(c2ccnc(C(N)=O)c2)[C@@H]2CCC[C@H]1CN([C@@H]1CC[C@@H]1C)C2.Cl. The highest BCUT2D eigenvalue weighted by molar-refractivity contribution is 5.90. The van der Waals surface area contributed by atoms with Gasteiger partial charge in [-0.15, -0.1) is 12.4 Å². The van der Waals surface area contributed by atoms with E-state index in [1.54, 1.807) is 6.20 Å². The van der Waals surface area contributed by atoms with Gasteiger partial charge in [-0.1, -0.05) is 13.3 Å². The molecule has 1 aliphatic heterocycles. The molecular weight excluding hydrogens is 350 g/mol. The molecule has 2 heterocycles. The molecule has 3 aliphatic rings. The minimum atomic E-state index is -0.473. The first-order valence-electron chi connectivity index (χ1n) is 9.61. The Bertz CT molecular complexity index is 654. The van der Waals surface area contributed by atoms with Gasteiger partial charge in [0.2, 0.25) is 0 Å². The fourth-order valence-corrected chi connectivity index (χ4v) is 5.66. The lowest BCUT2D eigenvalue weighted by Crippen LogP contribution is -2.62. The van der Waals surface area contributed by atoms with Crippen LogP contribution < -0.4 is 5.73 Å². The van der Waals surface area contributed by atoms with Crippen molar-refractivity contribution < 1.29 is 9.53 Å². The third-order valence-electron chi connectivity index (χ3n) is 7.07. The molecule has 2 N–H and O–H groups in total. The zero-order valence-electron chi connectivity index (χ0n) is 15.7. The normalized spacial score (nSPS) is 36.7. The van der Waals surface area contributed by atoms with Gasteiger partial charge < -0.3 is 10.5 Å². The molecule has 2 aliphatic carbocycles. The number of amides is 1. The first kappa shape index (κ1) is 19.6. The quantitative estimate of drug-likeness (QED) is 0.873. The molecule has 2 bridgehead atoms. The maximum Gasteiger partial charge on any atom is 0.267 e. The number of nitrogens with two attached hydrogens (primary N) is 1. The van der Waals surface area contributed by atoms with Crippen LogP contribution in [0.1, 0.15) is 55.1 Å². The van der Waals surface area contributed by atoms with E-state index in [0.717, 1.165) is 30.6 Å². The van der Waals surface area contributed by atoms with Crippen molar-refractivity contribution in [2.75, 3.05) is 20.2 Å². The van der Waals surface area contributed by atoms with Crippen LogP contribution in [0.25, 0.3) is 0 Å². The Morgan fingerprint density at radius 2 is 1.96 bits per heavy atom. The molecule has 1 amide bonds. The van der Waals surface area contributed by atoms with E-state index in [4.69, 9.17) is 10.5 Å². The number of hydrogen-bond donors (Lipinski definition) is 1. The van der Waals surface area contributed by atoms with Crippen LogP contribution in [0.3, 0.4) is 0 Å². The maximum absolute atomic E-state index is 11.6. The lowest BCUT2D eigenvalue weighted by atomic mass is 9.61. The van der Waals surface area contributed by atoms with Crippen molar-refractivity contribution >= 4 is 18.3 Å². The van der Waals surface area contributed by atoms with Gasteiger partial charge in [0.15, 0.2) is 0 Å². The highest BCUT2D eigenvalue weighted by atomic mass is 35.5. The topological polar surface area (TPSA) is 68.5 Å². The molecule has 0 spiro atoms. The van der Waals surface area contributed by atoms with Gasteiger partial charge in [-0.2, -0.15) is 0 Å². The highest BCUT2D eigenvalue weighted by Gasteiger charge is 2.54. The van der Waals surface area contributed by atoms with Gasteiger partial charge in [0.25, 0.3) is 5.91 Å². The largest absolute Gasteiger partial charge is 0.373 e. The van der Waals surface area contributed by atoms with E-state index >= 15 is 0 Å². The van der Waals surface area contributed by atoms with E-state index in [0.29, 0.717) is 17.5 Å². The fraction of sp³-hybridized carbons (Fsp3) is 0.700. The summed E-state index contributed by atoms with van der Waals surface area (Å²) in [6.07, 6.45) is 8.01. The maximum atomic E-state index is 11.6. The smallest absolute Gasteiger partial charge is 0.267 e. The first-order chi connectivity index (χ1) is 12.1. The molecule has 0 unspecified atom stereocenters. The molecule has 5 atom stereocenters. The second-order valence-corrected chi connectivity index (χ2v) is 8.19. The van der Waals surface area contributed by atoms with Crippen LogP contribution in [0.2, 0.25) is 0 Å². The zero-order valence-corrected chi connectivity index (χ0v) is 16.5. The Morgan fingerprint density at radius 1 is 1.27 bits per heavy atom. The Kier molecular flexibility index (Phi) is 5.61. The number of halogens is 1. The van der Waals surface area contributed by atoms with Gasteiger partial charge in [-0.3, -0.25) is 14.7 Å². The lowest BCUT2D eigenvalue weighted by molar-refractivity contribution is -0.181. The predicted octanol–water partition coefficient (Wildman–Crippen LogP) is 2.97. The molecular formula is C20H30ClN3O2. The Labute approximate surface area is 162 Å². The summed E-state index contributed by atoms with van der Waals surface area (Å²) in [6, 6.07) is 4.62. The van der Waals surface area contributed by atoms with Crippen LogP contribution in [0.15, 0.2) is 18.3 Å². The molecule has 4 rings (SSSR count). The number of likely N-dealkylation sites (tertiary alicyclic amines) is 1. The summed E-state index contributed by atoms with van der Waals surface area (Å²) in [7, 11) is 1.83. The summed E-state index contributed by atoms with van der Waals surface area (Å²) in [5.74, 6) is 1.26. The van der Waals surface area contributed by atoms with Gasteiger partial charge in [0, 0.05) is 44.3 Å². The molecule has 3 fully saturated rings. The molecule has 1 aromatic heterocycles. The van der Waals surface area contributed by atoms with Crippen molar-refractivity contribution in [2.45, 2.75) is 50.7 Å². The minimum absolute atomic E-state index is 0. The van der Waals surface area contributed by atoms with Crippen LogP contribution in [0, 0.1) is 17.8 Å². The molecule has 26 heavy (non-hydrogen) atoms. The summed E-state index contributed by atoms with van der Waals surface area (Å²) in [5, 5.41) is 0. The van der Waals surface area contributed by atoms with Crippen molar-refractivity contribution in [3.63, 3.8) is 0 Å². The molecule has 0 aromatic carbocycles. The number of hydrogen-bond acceptors (Lipinski definition) is 4. The van der Waals surface area contributed by atoms with Crippen molar-refractivity contribution in [3.8, 4) is 0 Å². The van der Waals surface area contributed by atoms with Gasteiger partial charge >= 0.3 is 0 Å². The van der Waals surface area contributed by atoms with Crippen LogP contribution in [-0.4, -0.2) is 42.0 Å². The van der Waals surface area contributed by atoms with Crippen LogP contribution in [-0.2, 0) is 10.3 Å². The third kappa shape index (κ3) is 2.94. The van der Waals surface area contributed by atoms with Crippen molar-refractivity contribution in [1.29, 1.82) is 0 Å². The van der Waals surface area contributed by atoms with E-state index in [9.17, 15) is 4.79 Å². The first-order valence-corrected chi connectivity index (χ1v) is 9.61.